The maximum absolute atomic E-state index is 5.75. The van der Waals surface area contributed by atoms with Gasteiger partial charge in [-0.3, -0.25) is 4.68 Å². The van der Waals surface area contributed by atoms with Gasteiger partial charge in [0.2, 0.25) is 0 Å². The van der Waals surface area contributed by atoms with Crippen molar-refractivity contribution in [3.05, 3.63) is 46.7 Å². The molecule has 0 fully saturated rings. The van der Waals surface area contributed by atoms with Crippen molar-refractivity contribution in [2.24, 2.45) is 0 Å². The third kappa shape index (κ3) is 3.37. The summed E-state index contributed by atoms with van der Waals surface area (Å²) in [6, 6.07) is 11.3. The number of para-hydroxylation sites is 2. The van der Waals surface area contributed by atoms with Crippen LogP contribution in [0.3, 0.4) is 0 Å². The van der Waals surface area contributed by atoms with E-state index in [2.05, 4.69) is 17.3 Å². The van der Waals surface area contributed by atoms with Crippen LogP contribution in [0.1, 0.15) is 25.5 Å². The van der Waals surface area contributed by atoms with E-state index in [1.54, 1.807) is 0 Å². The highest BCUT2D eigenvalue weighted by Crippen LogP contribution is 2.26. The zero-order valence-corrected chi connectivity index (χ0v) is 14.0. The van der Waals surface area contributed by atoms with Crippen molar-refractivity contribution in [2.75, 3.05) is 12.0 Å². The number of fused-ring (bicyclic) bond motifs is 1. The normalized spacial score (nSPS) is 10.9. The van der Waals surface area contributed by atoms with E-state index < -0.39 is 0 Å². The molecule has 6 heteroatoms. The molecule has 1 N–H and O–H groups in total. The van der Waals surface area contributed by atoms with E-state index in [4.69, 9.17) is 21.4 Å². The number of nitrogens with one attached hydrogen (secondary N) is 1. The van der Waals surface area contributed by atoms with Gasteiger partial charge < -0.3 is 14.6 Å². The molecule has 0 aliphatic carbocycles. The highest BCUT2D eigenvalue weighted by molar-refractivity contribution is 7.71. The van der Waals surface area contributed by atoms with Crippen molar-refractivity contribution >= 4 is 23.3 Å². The first-order valence-electron chi connectivity index (χ1n) is 7.69. The largest absolute Gasteiger partial charge is 0.409 e. The van der Waals surface area contributed by atoms with Gasteiger partial charge in [0.25, 0.3) is 0 Å². The van der Waals surface area contributed by atoms with Gasteiger partial charge in [-0.15, -0.1) is 0 Å². The summed E-state index contributed by atoms with van der Waals surface area (Å²) in [6.45, 7) is 5.01. The van der Waals surface area contributed by atoms with Crippen LogP contribution in [-0.2, 0) is 0 Å². The lowest BCUT2D eigenvalue weighted by molar-refractivity contribution is 0.339. The van der Waals surface area contributed by atoms with Gasteiger partial charge in [-0.05, 0) is 37.6 Å². The molecule has 0 aliphatic heterocycles. The minimum atomic E-state index is 0.196. The topological polar surface area (TPSA) is 52.2 Å². The summed E-state index contributed by atoms with van der Waals surface area (Å²) in [7, 11) is 0. The van der Waals surface area contributed by atoms with Crippen molar-refractivity contribution in [3.8, 4) is 11.8 Å². The summed E-state index contributed by atoms with van der Waals surface area (Å²) < 4.78 is 13.8. The van der Waals surface area contributed by atoms with Gasteiger partial charge in [0.1, 0.15) is 5.52 Å². The van der Waals surface area contributed by atoms with Crippen molar-refractivity contribution in [1.82, 2.24) is 9.66 Å². The summed E-state index contributed by atoms with van der Waals surface area (Å²) in [5.41, 5.74) is 5.79. The Balaban J connectivity index is 1.87. The number of pyridine rings is 1. The Morgan fingerprint density at radius 1 is 1.26 bits per heavy atom. The molecule has 3 aromatic rings. The van der Waals surface area contributed by atoms with E-state index in [9.17, 15) is 0 Å². The molecule has 0 saturated carbocycles. The van der Waals surface area contributed by atoms with E-state index in [0.29, 0.717) is 16.0 Å². The molecule has 0 bridgehead atoms. The molecule has 23 heavy (non-hydrogen) atoms. The van der Waals surface area contributed by atoms with Gasteiger partial charge in [-0.1, -0.05) is 37.7 Å². The van der Waals surface area contributed by atoms with Gasteiger partial charge in [-0.25, -0.2) is 0 Å². The molecule has 3 rings (SSSR count). The predicted molar refractivity (Wildman–Crippen MR) is 93.2 cm³/mol. The van der Waals surface area contributed by atoms with Gasteiger partial charge in [0, 0.05) is 12.2 Å². The third-order valence-corrected chi connectivity index (χ3v) is 3.90. The van der Waals surface area contributed by atoms with Crippen LogP contribution in [0.5, 0.6) is 11.8 Å². The SMILES string of the molecule is CCCCNn1c(C)ccc(Oc2nc3ccccc3o2)c1=S. The average molecular weight is 329 g/mol. The fourth-order valence-corrected chi connectivity index (χ4v) is 2.56. The van der Waals surface area contributed by atoms with Crippen LogP contribution in [-0.4, -0.2) is 16.2 Å². The van der Waals surface area contributed by atoms with Crippen LogP contribution in [0.2, 0.25) is 0 Å². The highest BCUT2D eigenvalue weighted by Gasteiger charge is 2.10. The molecule has 2 aromatic heterocycles. The lowest BCUT2D eigenvalue weighted by Gasteiger charge is -2.15. The summed E-state index contributed by atoms with van der Waals surface area (Å²) >= 11 is 5.52. The fourth-order valence-electron chi connectivity index (χ4n) is 2.24. The first-order valence-corrected chi connectivity index (χ1v) is 8.10. The highest BCUT2D eigenvalue weighted by atomic mass is 32.1. The molecule has 0 radical (unpaired) electrons. The quantitative estimate of drug-likeness (QED) is 0.520. The maximum atomic E-state index is 5.75. The number of hydrogen-bond donors (Lipinski definition) is 1. The van der Waals surface area contributed by atoms with E-state index >= 15 is 0 Å². The third-order valence-electron chi connectivity index (χ3n) is 3.51. The summed E-state index contributed by atoms with van der Waals surface area (Å²) in [5.74, 6) is 0.543. The van der Waals surface area contributed by atoms with E-state index in [1.165, 1.54) is 0 Å². The molecular weight excluding hydrogens is 310 g/mol. The Morgan fingerprint density at radius 3 is 2.87 bits per heavy atom. The molecule has 0 atom stereocenters. The molecule has 1 aromatic carbocycles. The van der Waals surface area contributed by atoms with Gasteiger partial charge in [-0.2, -0.15) is 4.98 Å². The molecule has 2 heterocycles. The second kappa shape index (κ2) is 6.83. The zero-order chi connectivity index (χ0) is 16.2. The number of unbranched alkanes of at least 4 members (excludes halogenated alkanes) is 1. The fraction of sp³-hybridized carbons (Fsp3) is 0.294. The number of benzene rings is 1. The van der Waals surface area contributed by atoms with Crippen LogP contribution in [0.15, 0.2) is 40.8 Å². The number of nitrogens with zero attached hydrogens (tertiary/aromatic N) is 2. The number of rotatable bonds is 6. The Morgan fingerprint density at radius 2 is 2.09 bits per heavy atom. The van der Waals surface area contributed by atoms with Crippen LogP contribution < -0.4 is 10.2 Å². The van der Waals surface area contributed by atoms with Crippen LogP contribution in [0, 0.1) is 11.6 Å². The average Bonchev–Trinajstić information content (AvgIpc) is 2.96. The van der Waals surface area contributed by atoms with Crippen molar-refractivity contribution < 1.29 is 9.15 Å². The van der Waals surface area contributed by atoms with E-state index in [1.807, 2.05) is 48.0 Å². The summed E-state index contributed by atoms with van der Waals surface area (Å²) in [6.07, 6.45) is 2.40. The molecule has 0 unspecified atom stereocenters. The molecular formula is C17H19N3O2S. The van der Waals surface area contributed by atoms with Crippen LogP contribution in [0.25, 0.3) is 11.1 Å². The minimum absolute atomic E-state index is 0.196. The second-order valence-corrected chi connectivity index (χ2v) is 5.68. The van der Waals surface area contributed by atoms with Crippen LogP contribution in [0.4, 0.5) is 0 Å². The minimum Gasteiger partial charge on any atom is -0.409 e. The Bertz CT molecular complexity index is 837. The zero-order valence-electron chi connectivity index (χ0n) is 13.2. The van der Waals surface area contributed by atoms with E-state index in [-0.39, 0.29) is 6.08 Å². The smallest absolute Gasteiger partial charge is 0.400 e. The number of oxazole rings is 1. The Kier molecular flexibility index (Phi) is 4.62. The van der Waals surface area contributed by atoms with Gasteiger partial charge in [0.05, 0.1) is 0 Å². The molecule has 0 amide bonds. The summed E-state index contributed by atoms with van der Waals surface area (Å²) in [5, 5.41) is 0. The maximum Gasteiger partial charge on any atom is 0.400 e. The number of hydrogen-bond acceptors (Lipinski definition) is 5. The first kappa shape index (κ1) is 15.6. The van der Waals surface area contributed by atoms with Crippen LogP contribution >= 0.6 is 12.2 Å². The van der Waals surface area contributed by atoms with Gasteiger partial charge >= 0.3 is 6.08 Å². The lowest BCUT2D eigenvalue weighted by Crippen LogP contribution is -2.19. The van der Waals surface area contributed by atoms with Crippen molar-refractivity contribution in [2.45, 2.75) is 26.7 Å². The van der Waals surface area contributed by atoms with Gasteiger partial charge in [0.15, 0.2) is 16.0 Å². The first-order chi connectivity index (χ1) is 11.2. The number of aromatic nitrogens is 2. The molecule has 0 saturated heterocycles. The molecule has 5 nitrogen and oxygen atoms in total. The van der Waals surface area contributed by atoms with E-state index in [0.717, 1.165) is 30.6 Å². The Hall–Kier alpha value is -2.34. The Labute approximate surface area is 139 Å². The number of aryl methyl sites for hydroxylation is 1. The van der Waals surface area contributed by atoms with Crippen molar-refractivity contribution in [1.29, 1.82) is 0 Å². The predicted octanol–water partition coefficient (Wildman–Crippen LogP) is 4.80. The summed E-state index contributed by atoms with van der Waals surface area (Å²) in [4.78, 5) is 4.31. The monoisotopic (exact) mass is 329 g/mol. The lowest BCUT2D eigenvalue weighted by atomic mass is 10.3. The second-order valence-electron chi connectivity index (χ2n) is 5.29. The van der Waals surface area contributed by atoms with Crippen molar-refractivity contribution in [3.63, 3.8) is 0 Å². The molecule has 0 aliphatic rings. The molecule has 0 spiro atoms. The number of ether oxygens (including phenoxy) is 1. The molecule has 120 valence electrons. The standard InChI is InChI=1S/C17H19N3O2S/c1-3-4-11-18-20-12(2)9-10-15(16(20)23)22-17-19-13-7-5-6-8-14(13)21-17/h5-10,18H,3-4,11H2,1-2H3.